The summed E-state index contributed by atoms with van der Waals surface area (Å²) in [6.07, 6.45) is 0. The lowest BCUT2D eigenvalue weighted by molar-refractivity contribution is -0.125. The molecule has 3 N–H and O–H groups in total. The summed E-state index contributed by atoms with van der Waals surface area (Å²) in [7, 11) is 0. The van der Waals surface area contributed by atoms with Crippen LogP contribution in [0.4, 0.5) is 0 Å². The Kier molecular flexibility index (Phi) is 5.48. The SMILES string of the molecule is O=C(NCc1cccc(Br)c1)C1CNNC1c1cccc(Br)c1. The monoisotopic (exact) mass is 437 g/mol. The summed E-state index contributed by atoms with van der Waals surface area (Å²) < 4.78 is 2.03. The molecule has 1 heterocycles. The van der Waals surface area contributed by atoms with E-state index in [4.69, 9.17) is 0 Å². The van der Waals surface area contributed by atoms with E-state index in [0.717, 1.165) is 20.1 Å². The maximum atomic E-state index is 12.6. The van der Waals surface area contributed by atoms with Crippen molar-refractivity contribution < 1.29 is 4.79 Å². The van der Waals surface area contributed by atoms with Crippen LogP contribution in [0.25, 0.3) is 0 Å². The zero-order chi connectivity index (χ0) is 16.2. The van der Waals surface area contributed by atoms with E-state index in [9.17, 15) is 4.79 Å². The van der Waals surface area contributed by atoms with E-state index in [2.05, 4.69) is 48.0 Å². The molecule has 2 aromatic rings. The largest absolute Gasteiger partial charge is 0.352 e. The van der Waals surface area contributed by atoms with E-state index in [1.165, 1.54) is 0 Å². The number of hydrogen-bond donors (Lipinski definition) is 3. The second kappa shape index (κ2) is 7.57. The fraction of sp³-hybridized carbons (Fsp3) is 0.235. The standard InChI is InChI=1S/C17H17Br2N3O/c18-13-5-1-3-11(7-13)9-20-17(23)15-10-21-22-16(15)12-4-2-6-14(19)8-12/h1-8,15-16,21-22H,9-10H2,(H,20,23). The number of hydrazine groups is 1. The predicted molar refractivity (Wildman–Crippen MR) is 97.5 cm³/mol. The van der Waals surface area contributed by atoms with Crippen molar-refractivity contribution in [3.05, 3.63) is 68.6 Å². The summed E-state index contributed by atoms with van der Waals surface area (Å²) in [5, 5.41) is 3.03. The van der Waals surface area contributed by atoms with Crippen LogP contribution in [0, 0.1) is 5.92 Å². The van der Waals surface area contributed by atoms with Gasteiger partial charge in [-0.2, -0.15) is 0 Å². The molecule has 23 heavy (non-hydrogen) atoms. The Morgan fingerprint density at radius 3 is 2.61 bits per heavy atom. The number of carbonyl (C=O) groups is 1. The highest BCUT2D eigenvalue weighted by molar-refractivity contribution is 9.10. The lowest BCUT2D eigenvalue weighted by atomic mass is 9.94. The molecule has 2 aromatic carbocycles. The van der Waals surface area contributed by atoms with Crippen LogP contribution in [0.1, 0.15) is 17.2 Å². The molecule has 0 radical (unpaired) electrons. The maximum Gasteiger partial charge on any atom is 0.226 e. The highest BCUT2D eigenvalue weighted by atomic mass is 79.9. The third-order valence-electron chi connectivity index (χ3n) is 3.88. The van der Waals surface area contributed by atoms with Crippen molar-refractivity contribution in [2.24, 2.45) is 5.92 Å². The summed E-state index contributed by atoms with van der Waals surface area (Å²) in [4.78, 5) is 12.6. The highest BCUT2D eigenvalue weighted by Crippen LogP contribution is 2.27. The molecule has 1 aliphatic heterocycles. The molecule has 4 nitrogen and oxygen atoms in total. The van der Waals surface area contributed by atoms with E-state index in [-0.39, 0.29) is 17.9 Å². The number of benzene rings is 2. The van der Waals surface area contributed by atoms with Crippen molar-refractivity contribution in [3.63, 3.8) is 0 Å². The first-order valence-electron chi connectivity index (χ1n) is 7.39. The average molecular weight is 439 g/mol. The fourth-order valence-electron chi connectivity index (χ4n) is 2.72. The van der Waals surface area contributed by atoms with E-state index in [1.54, 1.807) is 0 Å². The van der Waals surface area contributed by atoms with Gasteiger partial charge in [-0.15, -0.1) is 0 Å². The normalized spacial score (nSPS) is 20.4. The van der Waals surface area contributed by atoms with Crippen molar-refractivity contribution in [1.29, 1.82) is 0 Å². The number of hydrogen-bond acceptors (Lipinski definition) is 3. The molecule has 0 aliphatic carbocycles. The number of halogens is 2. The van der Waals surface area contributed by atoms with Crippen LogP contribution >= 0.6 is 31.9 Å². The minimum Gasteiger partial charge on any atom is -0.352 e. The topological polar surface area (TPSA) is 53.2 Å². The second-order valence-corrected chi connectivity index (χ2v) is 7.34. The first-order chi connectivity index (χ1) is 11.1. The first-order valence-corrected chi connectivity index (χ1v) is 8.98. The van der Waals surface area contributed by atoms with Gasteiger partial charge in [-0.1, -0.05) is 56.1 Å². The number of nitrogens with one attached hydrogen (secondary N) is 3. The average Bonchev–Trinajstić information content (AvgIpc) is 3.02. The van der Waals surface area contributed by atoms with Gasteiger partial charge in [-0.25, -0.2) is 5.43 Å². The van der Waals surface area contributed by atoms with Crippen LogP contribution in [-0.2, 0) is 11.3 Å². The Morgan fingerprint density at radius 2 is 1.87 bits per heavy atom. The van der Waals surface area contributed by atoms with Crippen LogP contribution < -0.4 is 16.2 Å². The molecule has 2 atom stereocenters. The third-order valence-corrected chi connectivity index (χ3v) is 4.87. The molecule has 2 unspecified atom stereocenters. The van der Waals surface area contributed by atoms with E-state index < -0.39 is 0 Å². The summed E-state index contributed by atoms with van der Waals surface area (Å²) >= 11 is 6.93. The Bertz CT molecular complexity index is 708. The molecular weight excluding hydrogens is 422 g/mol. The first kappa shape index (κ1) is 16.6. The summed E-state index contributed by atoms with van der Waals surface area (Å²) in [5.41, 5.74) is 8.46. The summed E-state index contributed by atoms with van der Waals surface area (Å²) in [5.74, 6) is -0.0936. The molecule has 1 saturated heterocycles. The molecule has 0 spiro atoms. The van der Waals surface area contributed by atoms with E-state index in [1.807, 2.05) is 48.5 Å². The minimum absolute atomic E-state index is 0.0324. The Labute approximate surface area is 152 Å². The molecule has 1 fully saturated rings. The van der Waals surface area contributed by atoms with Crippen molar-refractivity contribution in [2.75, 3.05) is 6.54 Å². The zero-order valence-electron chi connectivity index (χ0n) is 12.4. The molecule has 120 valence electrons. The Hall–Kier alpha value is -1.21. The van der Waals surface area contributed by atoms with Crippen LogP contribution in [0.15, 0.2) is 57.5 Å². The van der Waals surface area contributed by atoms with Crippen molar-refractivity contribution in [2.45, 2.75) is 12.6 Å². The second-order valence-electron chi connectivity index (χ2n) is 5.51. The highest BCUT2D eigenvalue weighted by Gasteiger charge is 2.33. The fourth-order valence-corrected chi connectivity index (χ4v) is 3.59. The number of rotatable bonds is 4. The van der Waals surface area contributed by atoms with Gasteiger partial charge >= 0.3 is 0 Å². The lowest BCUT2D eigenvalue weighted by Crippen LogP contribution is -2.34. The van der Waals surface area contributed by atoms with Crippen LogP contribution in [-0.4, -0.2) is 12.5 Å². The minimum atomic E-state index is -0.142. The van der Waals surface area contributed by atoms with Gasteiger partial charge in [0.1, 0.15) is 0 Å². The van der Waals surface area contributed by atoms with Crippen molar-refractivity contribution >= 4 is 37.8 Å². The summed E-state index contributed by atoms with van der Waals surface area (Å²) in [6.45, 7) is 1.14. The van der Waals surface area contributed by atoms with Crippen LogP contribution in [0.5, 0.6) is 0 Å². The smallest absolute Gasteiger partial charge is 0.226 e. The maximum absolute atomic E-state index is 12.6. The van der Waals surface area contributed by atoms with Crippen molar-refractivity contribution in [1.82, 2.24) is 16.2 Å². The Balaban J connectivity index is 1.66. The number of carbonyl (C=O) groups excluding carboxylic acids is 1. The molecule has 3 rings (SSSR count). The summed E-state index contributed by atoms with van der Waals surface area (Å²) in [6, 6.07) is 16.0. The molecule has 0 saturated carbocycles. The molecular formula is C17H17Br2N3O. The molecule has 0 aromatic heterocycles. The van der Waals surface area contributed by atoms with Gasteiger partial charge in [-0.05, 0) is 35.4 Å². The van der Waals surface area contributed by atoms with Gasteiger partial charge in [0, 0.05) is 22.0 Å². The quantitative estimate of drug-likeness (QED) is 0.686. The molecule has 1 amide bonds. The third kappa shape index (κ3) is 4.20. The van der Waals surface area contributed by atoms with Crippen LogP contribution in [0.2, 0.25) is 0 Å². The predicted octanol–water partition coefficient (Wildman–Crippen LogP) is 3.29. The van der Waals surface area contributed by atoms with Gasteiger partial charge in [0.15, 0.2) is 0 Å². The Morgan fingerprint density at radius 1 is 1.13 bits per heavy atom. The van der Waals surface area contributed by atoms with Gasteiger partial charge in [0.25, 0.3) is 0 Å². The number of amides is 1. The van der Waals surface area contributed by atoms with E-state index >= 15 is 0 Å². The van der Waals surface area contributed by atoms with Gasteiger partial charge in [-0.3, -0.25) is 10.2 Å². The molecule has 1 aliphatic rings. The molecule has 0 bridgehead atoms. The van der Waals surface area contributed by atoms with E-state index in [0.29, 0.717) is 13.1 Å². The van der Waals surface area contributed by atoms with Gasteiger partial charge in [0.05, 0.1) is 12.0 Å². The van der Waals surface area contributed by atoms with Crippen molar-refractivity contribution in [3.8, 4) is 0 Å². The lowest BCUT2D eigenvalue weighted by Gasteiger charge is -2.18. The van der Waals surface area contributed by atoms with Gasteiger partial charge in [0.2, 0.25) is 5.91 Å². The van der Waals surface area contributed by atoms with Crippen LogP contribution in [0.3, 0.4) is 0 Å². The zero-order valence-corrected chi connectivity index (χ0v) is 15.5. The molecule has 6 heteroatoms. The van der Waals surface area contributed by atoms with Gasteiger partial charge < -0.3 is 5.32 Å².